The van der Waals surface area contributed by atoms with E-state index in [1.807, 2.05) is 5.38 Å². The second-order valence-corrected chi connectivity index (χ2v) is 6.24. The minimum absolute atomic E-state index is 0.00250. The summed E-state index contributed by atoms with van der Waals surface area (Å²) in [5.41, 5.74) is -0.659. The van der Waals surface area contributed by atoms with Crippen LogP contribution in [0, 0.1) is 5.92 Å². The van der Waals surface area contributed by atoms with Crippen molar-refractivity contribution in [2.45, 2.75) is 18.4 Å². The van der Waals surface area contributed by atoms with Gasteiger partial charge in [0.2, 0.25) is 5.91 Å². The van der Waals surface area contributed by atoms with Crippen LogP contribution in [-0.4, -0.2) is 47.1 Å². The van der Waals surface area contributed by atoms with E-state index in [2.05, 4.69) is 5.32 Å². The van der Waals surface area contributed by atoms with E-state index in [0.29, 0.717) is 23.9 Å². The molecule has 3 rings (SSSR count). The van der Waals surface area contributed by atoms with Crippen molar-refractivity contribution in [1.29, 1.82) is 0 Å². The fourth-order valence-electron chi connectivity index (χ4n) is 2.43. The van der Waals surface area contributed by atoms with Gasteiger partial charge in [-0.25, -0.2) is 0 Å². The highest BCUT2D eigenvalue weighted by Gasteiger charge is 2.53. The highest BCUT2D eigenvalue weighted by Crippen LogP contribution is 2.44. The quantitative estimate of drug-likeness (QED) is 0.842. The van der Waals surface area contributed by atoms with Gasteiger partial charge in [-0.15, -0.1) is 11.3 Å². The summed E-state index contributed by atoms with van der Waals surface area (Å²) in [6.45, 7) is 0.814. The van der Waals surface area contributed by atoms with Crippen molar-refractivity contribution in [1.82, 2.24) is 10.2 Å². The molecule has 2 N–H and O–H groups in total. The molecule has 5 nitrogen and oxygen atoms in total. The largest absolute Gasteiger partial charge is 0.386 e. The summed E-state index contributed by atoms with van der Waals surface area (Å²) >= 11 is 1.35. The van der Waals surface area contributed by atoms with Crippen molar-refractivity contribution in [2.24, 2.45) is 5.92 Å². The van der Waals surface area contributed by atoms with Gasteiger partial charge in [-0.2, -0.15) is 0 Å². The number of nitrogens with one attached hydrogen (secondary N) is 1. The summed E-state index contributed by atoms with van der Waals surface area (Å²) in [6.07, 6.45) is 2.13. The molecule has 1 saturated heterocycles. The van der Waals surface area contributed by atoms with E-state index < -0.39 is 5.60 Å². The first-order valence-electron chi connectivity index (χ1n) is 6.40. The fraction of sp³-hybridized carbons (Fsp3) is 0.538. The highest BCUT2D eigenvalue weighted by molar-refractivity contribution is 7.12. The van der Waals surface area contributed by atoms with Crippen LogP contribution in [0.15, 0.2) is 17.5 Å². The molecule has 2 amide bonds. The SMILES string of the molecule is O=C(NCC(=O)N1CC(O)(C2CC2)C1)c1cccs1. The van der Waals surface area contributed by atoms with E-state index in [-0.39, 0.29) is 18.4 Å². The minimum atomic E-state index is -0.659. The van der Waals surface area contributed by atoms with Crippen LogP contribution in [0.25, 0.3) is 0 Å². The average molecular weight is 280 g/mol. The van der Waals surface area contributed by atoms with E-state index in [1.165, 1.54) is 11.3 Å². The van der Waals surface area contributed by atoms with Gasteiger partial charge in [0.25, 0.3) is 5.91 Å². The van der Waals surface area contributed by atoms with Gasteiger partial charge in [-0.1, -0.05) is 6.07 Å². The summed E-state index contributed by atoms with van der Waals surface area (Å²) in [5.74, 6) is 0.0221. The van der Waals surface area contributed by atoms with Crippen LogP contribution in [-0.2, 0) is 4.79 Å². The van der Waals surface area contributed by atoms with Crippen molar-refractivity contribution in [2.75, 3.05) is 19.6 Å². The number of hydrogen-bond acceptors (Lipinski definition) is 4. The van der Waals surface area contributed by atoms with Gasteiger partial charge in [-0.05, 0) is 30.2 Å². The van der Waals surface area contributed by atoms with E-state index >= 15 is 0 Å². The van der Waals surface area contributed by atoms with Crippen LogP contribution < -0.4 is 5.32 Å². The molecular formula is C13H16N2O3S. The van der Waals surface area contributed by atoms with E-state index in [0.717, 1.165) is 12.8 Å². The summed E-state index contributed by atoms with van der Waals surface area (Å²) in [7, 11) is 0. The van der Waals surface area contributed by atoms with Crippen LogP contribution >= 0.6 is 11.3 Å². The number of nitrogens with zero attached hydrogens (tertiary/aromatic N) is 1. The number of hydrogen-bond donors (Lipinski definition) is 2. The Morgan fingerprint density at radius 1 is 1.47 bits per heavy atom. The van der Waals surface area contributed by atoms with Crippen LogP contribution in [0.5, 0.6) is 0 Å². The van der Waals surface area contributed by atoms with Crippen molar-refractivity contribution >= 4 is 23.2 Å². The van der Waals surface area contributed by atoms with Gasteiger partial charge in [0.15, 0.2) is 0 Å². The van der Waals surface area contributed by atoms with Gasteiger partial charge < -0.3 is 15.3 Å². The molecule has 102 valence electrons. The summed E-state index contributed by atoms with van der Waals surface area (Å²) < 4.78 is 0. The first-order valence-corrected chi connectivity index (χ1v) is 7.28. The monoisotopic (exact) mass is 280 g/mol. The summed E-state index contributed by atoms with van der Waals surface area (Å²) in [5, 5.41) is 14.5. The Balaban J connectivity index is 1.44. The molecule has 1 aliphatic carbocycles. The molecule has 1 aliphatic heterocycles. The lowest BCUT2D eigenvalue weighted by atomic mass is 9.89. The predicted octanol–water partition coefficient (Wildman–Crippen LogP) is 0.461. The van der Waals surface area contributed by atoms with Crippen molar-refractivity contribution in [3.05, 3.63) is 22.4 Å². The van der Waals surface area contributed by atoms with Crippen LogP contribution in [0.2, 0.25) is 0 Å². The Bertz CT molecular complexity index is 490. The number of aliphatic hydroxyl groups is 1. The number of likely N-dealkylation sites (tertiary alicyclic amines) is 1. The third kappa shape index (κ3) is 2.50. The number of amides is 2. The molecule has 0 radical (unpaired) electrons. The first-order chi connectivity index (χ1) is 9.08. The number of carbonyl (C=O) groups excluding carboxylic acids is 2. The van der Waals surface area contributed by atoms with Crippen LogP contribution in [0.1, 0.15) is 22.5 Å². The second kappa shape index (κ2) is 4.61. The van der Waals surface area contributed by atoms with Gasteiger partial charge in [-0.3, -0.25) is 9.59 Å². The molecule has 2 fully saturated rings. The number of β-amino-alcohol motifs (C(OH)–C–C–N with tert-alkyl or cyclic N) is 1. The third-order valence-corrected chi connectivity index (χ3v) is 4.63. The zero-order valence-corrected chi connectivity index (χ0v) is 11.3. The molecule has 6 heteroatoms. The fourth-order valence-corrected chi connectivity index (χ4v) is 3.07. The van der Waals surface area contributed by atoms with Crippen molar-refractivity contribution < 1.29 is 14.7 Å². The smallest absolute Gasteiger partial charge is 0.261 e. The number of carbonyl (C=O) groups is 2. The molecule has 0 atom stereocenters. The summed E-state index contributed by atoms with van der Waals surface area (Å²) in [4.78, 5) is 25.7. The normalized spacial score (nSPS) is 20.8. The molecule has 0 bridgehead atoms. The van der Waals surface area contributed by atoms with Gasteiger partial charge in [0, 0.05) is 0 Å². The molecule has 19 heavy (non-hydrogen) atoms. The first kappa shape index (κ1) is 12.6. The van der Waals surface area contributed by atoms with Crippen molar-refractivity contribution in [3.63, 3.8) is 0 Å². The van der Waals surface area contributed by atoms with E-state index in [9.17, 15) is 14.7 Å². The number of thiophene rings is 1. The minimum Gasteiger partial charge on any atom is -0.386 e. The Morgan fingerprint density at radius 2 is 2.21 bits per heavy atom. The third-order valence-electron chi connectivity index (χ3n) is 3.76. The van der Waals surface area contributed by atoms with Gasteiger partial charge in [0.1, 0.15) is 5.60 Å². The molecule has 0 aromatic carbocycles. The molecule has 1 aromatic rings. The standard InChI is InChI=1S/C13H16N2O3S/c16-11(6-14-12(17)10-2-1-5-19-10)15-7-13(18,8-15)9-3-4-9/h1-2,5,9,18H,3-4,6-8H2,(H,14,17). The average Bonchev–Trinajstić information content (AvgIpc) is 3.07. The lowest BCUT2D eigenvalue weighted by molar-refractivity contribution is -0.158. The van der Waals surface area contributed by atoms with Crippen molar-refractivity contribution in [3.8, 4) is 0 Å². The summed E-state index contributed by atoms with van der Waals surface area (Å²) in [6, 6.07) is 3.52. The molecular weight excluding hydrogens is 264 g/mol. The number of rotatable bonds is 4. The van der Waals surface area contributed by atoms with Gasteiger partial charge in [0.05, 0.1) is 24.5 Å². The lowest BCUT2D eigenvalue weighted by Crippen LogP contribution is -2.65. The zero-order valence-electron chi connectivity index (χ0n) is 10.5. The molecule has 0 spiro atoms. The highest BCUT2D eigenvalue weighted by atomic mass is 32.1. The molecule has 0 unspecified atom stereocenters. The Labute approximate surface area is 115 Å². The Morgan fingerprint density at radius 3 is 2.79 bits per heavy atom. The predicted molar refractivity (Wildman–Crippen MR) is 70.9 cm³/mol. The molecule has 1 aromatic heterocycles. The van der Waals surface area contributed by atoms with E-state index in [1.54, 1.807) is 17.0 Å². The molecule has 1 saturated carbocycles. The maximum absolute atomic E-state index is 11.8. The van der Waals surface area contributed by atoms with Crippen LogP contribution in [0.3, 0.4) is 0 Å². The van der Waals surface area contributed by atoms with E-state index in [4.69, 9.17) is 0 Å². The second-order valence-electron chi connectivity index (χ2n) is 5.29. The molecule has 2 aliphatic rings. The Hall–Kier alpha value is -1.40. The lowest BCUT2D eigenvalue weighted by Gasteiger charge is -2.47. The Kier molecular flexibility index (Phi) is 3.06. The topological polar surface area (TPSA) is 69.6 Å². The van der Waals surface area contributed by atoms with Crippen LogP contribution in [0.4, 0.5) is 0 Å². The maximum Gasteiger partial charge on any atom is 0.261 e. The maximum atomic E-state index is 11.8. The van der Waals surface area contributed by atoms with Gasteiger partial charge >= 0.3 is 0 Å². The zero-order chi connectivity index (χ0) is 13.5. The molecule has 2 heterocycles.